The molecule has 0 spiro atoms. The van der Waals surface area contributed by atoms with Crippen LogP contribution in [0.15, 0.2) is 33.7 Å². The normalized spacial score (nSPS) is 16.3. The van der Waals surface area contributed by atoms with Gasteiger partial charge in [-0.15, -0.1) is 31.4 Å². The summed E-state index contributed by atoms with van der Waals surface area (Å²) in [4.78, 5) is 2.44. The quantitative estimate of drug-likeness (QED) is 0.606. The Morgan fingerprint density at radius 2 is 1.91 bits per heavy atom. The lowest BCUT2D eigenvalue weighted by atomic mass is 9.98. The molecule has 1 aromatic carbocycles. The van der Waals surface area contributed by atoms with Gasteiger partial charge in [-0.2, -0.15) is 0 Å². The second kappa shape index (κ2) is 10.9. The summed E-state index contributed by atoms with van der Waals surface area (Å²) in [5, 5.41) is 13.8. The van der Waals surface area contributed by atoms with E-state index in [1.165, 1.54) is 0 Å². The van der Waals surface area contributed by atoms with E-state index in [1.54, 1.807) is 0 Å². The predicted molar refractivity (Wildman–Crippen MR) is 105 cm³/mol. The fourth-order valence-electron chi connectivity index (χ4n) is 2.64. The van der Waals surface area contributed by atoms with Crippen molar-refractivity contribution in [3.05, 3.63) is 39.3 Å². The summed E-state index contributed by atoms with van der Waals surface area (Å²) in [7, 11) is 0. The van der Waals surface area contributed by atoms with Gasteiger partial charge in [0.15, 0.2) is 0 Å². The van der Waals surface area contributed by atoms with Crippen molar-refractivity contribution in [2.75, 3.05) is 26.2 Å². The summed E-state index contributed by atoms with van der Waals surface area (Å²) in [6, 6.07) is 4.13. The molecule has 0 unspecified atom stereocenters. The molecule has 1 fully saturated rings. The number of nitrogens with zero attached hydrogens (tertiary/aromatic N) is 1. The summed E-state index contributed by atoms with van der Waals surface area (Å²) in [5.41, 5.74) is 0.981. The molecular formula is C15H22Br2Cl2N2O. The second-order valence-electron chi connectivity index (χ2n) is 4.99. The lowest BCUT2D eigenvalue weighted by Gasteiger charge is -2.35. The van der Waals surface area contributed by atoms with Crippen molar-refractivity contribution in [3.63, 3.8) is 0 Å². The van der Waals surface area contributed by atoms with E-state index in [0.717, 1.165) is 53.5 Å². The average Bonchev–Trinajstić information content (AvgIpc) is 2.45. The van der Waals surface area contributed by atoms with Gasteiger partial charge in [0, 0.05) is 42.3 Å². The molecule has 0 amide bonds. The largest absolute Gasteiger partial charge is 0.506 e. The number of benzene rings is 1. The molecule has 22 heavy (non-hydrogen) atoms. The first-order chi connectivity index (χ1) is 9.63. The smallest absolute Gasteiger partial charge is 0.134 e. The highest BCUT2D eigenvalue weighted by atomic mass is 79.9. The van der Waals surface area contributed by atoms with Gasteiger partial charge in [-0.05, 0) is 40.9 Å². The van der Waals surface area contributed by atoms with E-state index in [9.17, 15) is 5.11 Å². The maximum atomic E-state index is 10.4. The number of phenolic OH excluding ortho intramolecular Hbond substituents is 1. The summed E-state index contributed by atoms with van der Waals surface area (Å²) >= 11 is 6.94. The van der Waals surface area contributed by atoms with Gasteiger partial charge in [0.1, 0.15) is 5.75 Å². The average molecular weight is 477 g/mol. The maximum absolute atomic E-state index is 10.4. The zero-order valence-corrected chi connectivity index (χ0v) is 17.0. The van der Waals surface area contributed by atoms with Gasteiger partial charge in [-0.1, -0.05) is 22.0 Å². The third kappa shape index (κ3) is 5.69. The van der Waals surface area contributed by atoms with Crippen molar-refractivity contribution in [1.82, 2.24) is 10.2 Å². The van der Waals surface area contributed by atoms with Crippen LogP contribution in [-0.2, 0) is 0 Å². The van der Waals surface area contributed by atoms with Crippen molar-refractivity contribution in [1.29, 1.82) is 0 Å². The third-order valence-corrected chi connectivity index (χ3v) is 4.72. The van der Waals surface area contributed by atoms with Crippen molar-refractivity contribution in [2.24, 2.45) is 0 Å². The van der Waals surface area contributed by atoms with Crippen LogP contribution in [0.3, 0.4) is 0 Å². The molecule has 0 radical (unpaired) electrons. The van der Waals surface area contributed by atoms with E-state index in [0.29, 0.717) is 5.75 Å². The number of aromatic hydroxyl groups is 1. The molecule has 0 saturated carbocycles. The number of nitrogens with one attached hydrogen (secondary N) is 1. The zero-order valence-electron chi connectivity index (χ0n) is 12.2. The fourth-order valence-corrected chi connectivity index (χ4v) is 3.90. The highest BCUT2D eigenvalue weighted by Gasteiger charge is 2.25. The van der Waals surface area contributed by atoms with Crippen LogP contribution in [0, 0.1) is 0 Å². The van der Waals surface area contributed by atoms with Crippen molar-refractivity contribution < 1.29 is 5.11 Å². The van der Waals surface area contributed by atoms with Gasteiger partial charge in [-0.3, -0.25) is 4.90 Å². The summed E-state index contributed by atoms with van der Waals surface area (Å²) in [6.45, 7) is 7.83. The fraction of sp³-hybridized carbons (Fsp3) is 0.467. The van der Waals surface area contributed by atoms with Crippen LogP contribution < -0.4 is 5.32 Å². The van der Waals surface area contributed by atoms with Crippen LogP contribution in [0.1, 0.15) is 24.4 Å². The monoisotopic (exact) mass is 474 g/mol. The maximum Gasteiger partial charge on any atom is 0.134 e. The van der Waals surface area contributed by atoms with E-state index in [2.05, 4.69) is 48.7 Å². The van der Waals surface area contributed by atoms with Gasteiger partial charge in [0.05, 0.1) is 4.47 Å². The van der Waals surface area contributed by atoms with Crippen LogP contribution >= 0.6 is 56.7 Å². The molecule has 2 N–H and O–H groups in total. The molecule has 1 aromatic rings. The minimum Gasteiger partial charge on any atom is -0.506 e. The molecule has 7 heteroatoms. The molecule has 1 heterocycles. The van der Waals surface area contributed by atoms with E-state index >= 15 is 0 Å². The Bertz CT molecular complexity index is 483. The molecule has 1 atom stereocenters. The Morgan fingerprint density at radius 1 is 1.27 bits per heavy atom. The van der Waals surface area contributed by atoms with Crippen LogP contribution in [0.25, 0.3) is 0 Å². The Hall–Kier alpha value is 0.220. The van der Waals surface area contributed by atoms with Crippen LogP contribution in [0.4, 0.5) is 0 Å². The number of hydrogen-bond donors (Lipinski definition) is 2. The summed E-state index contributed by atoms with van der Waals surface area (Å²) in [6.07, 6.45) is 3.86. The zero-order chi connectivity index (χ0) is 14.5. The minimum absolute atomic E-state index is 0. The number of piperazine rings is 1. The highest BCUT2D eigenvalue weighted by molar-refractivity contribution is 9.11. The SMILES string of the molecule is C=CCC[C@@H](c1cc(Br)cc(Br)c1O)N1CCNCC1.Cl.Cl. The Balaban J connectivity index is 0.00000220. The lowest BCUT2D eigenvalue weighted by molar-refractivity contribution is 0.163. The predicted octanol–water partition coefficient (Wildman–Crippen LogP) is 4.67. The number of phenols is 1. The van der Waals surface area contributed by atoms with Gasteiger partial charge >= 0.3 is 0 Å². The van der Waals surface area contributed by atoms with Crippen molar-refractivity contribution in [3.8, 4) is 5.75 Å². The molecule has 3 nitrogen and oxygen atoms in total. The molecular weight excluding hydrogens is 455 g/mol. The molecule has 1 aliphatic rings. The Kier molecular flexibility index (Phi) is 11.0. The summed E-state index contributed by atoms with van der Waals surface area (Å²) in [5.74, 6) is 0.348. The number of halogens is 4. The molecule has 2 rings (SSSR count). The lowest BCUT2D eigenvalue weighted by Crippen LogP contribution is -2.45. The van der Waals surface area contributed by atoms with E-state index in [4.69, 9.17) is 0 Å². The van der Waals surface area contributed by atoms with Gasteiger partial charge in [0.2, 0.25) is 0 Å². The summed E-state index contributed by atoms with van der Waals surface area (Å²) < 4.78 is 1.72. The van der Waals surface area contributed by atoms with Crippen LogP contribution in [-0.4, -0.2) is 36.2 Å². The Morgan fingerprint density at radius 3 is 2.50 bits per heavy atom. The molecule has 0 aliphatic carbocycles. The highest BCUT2D eigenvalue weighted by Crippen LogP contribution is 2.39. The number of rotatable bonds is 5. The Labute approximate surface area is 161 Å². The first kappa shape index (κ1) is 22.2. The molecule has 1 aliphatic heterocycles. The van der Waals surface area contributed by atoms with E-state index in [1.807, 2.05) is 18.2 Å². The number of allylic oxidation sites excluding steroid dienone is 1. The van der Waals surface area contributed by atoms with Crippen LogP contribution in [0.2, 0.25) is 0 Å². The van der Waals surface area contributed by atoms with Gasteiger partial charge in [-0.25, -0.2) is 0 Å². The standard InChI is InChI=1S/C15H20Br2N2O.2ClH/c1-2-3-4-14(19-7-5-18-6-8-19)12-9-11(16)10-13(17)15(12)20;;/h2,9-10,14,18,20H,1,3-8H2;2*1H/t14-;;/m0../s1. The minimum atomic E-state index is 0. The van der Waals surface area contributed by atoms with E-state index < -0.39 is 0 Å². The topological polar surface area (TPSA) is 35.5 Å². The van der Waals surface area contributed by atoms with E-state index in [-0.39, 0.29) is 30.9 Å². The number of hydrogen-bond acceptors (Lipinski definition) is 3. The van der Waals surface area contributed by atoms with Gasteiger partial charge < -0.3 is 10.4 Å². The molecule has 1 saturated heterocycles. The van der Waals surface area contributed by atoms with Crippen LogP contribution in [0.5, 0.6) is 5.75 Å². The first-order valence-electron chi connectivity index (χ1n) is 6.87. The second-order valence-corrected chi connectivity index (χ2v) is 6.76. The molecule has 126 valence electrons. The van der Waals surface area contributed by atoms with Gasteiger partial charge in [0.25, 0.3) is 0 Å². The molecule has 0 bridgehead atoms. The van der Waals surface area contributed by atoms with Crippen molar-refractivity contribution in [2.45, 2.75) is 18.9 Å². The molecule has 0 aromatic heterocycles. The van der Waals surface area contributed by atoms with Crippen molar-refractivity contribution >= 4 is 56.7 Å². The third-order valence-electron chi connectivity index (χ3n) is 3.65. The first-order valence-corrected chi connectivity index (χ1v) is 8.45.